The summed E-state index contributed by atoms with van der Waals surface area (Å²) in [7, 11) is 0. The van der Waals surface area contributed by atoms with Gasteiger partial charge in [-0.25, -0.2) is 0 Å². The second kappa shape index (κ2) is 5.54. The van der Waals surface area contributed by atoms with E-state index in [0.717, 1.165) is 18.9 Å². The van der Waals surface area contributed by atoms with Gasteiger partial charge in [-0.1, -0.05) is 19.9 Å². The van der Waals surface area contributed by atoms with Crippen molar-refractivity contribution in [2.45, 2.75) is 45.6 Å². The number of nitrogens with one attached hydrogen (secondary N) is 1. The molecule has 2 heteroatoms. The molecule has 0 spiro atoms. The van der Waals surface area contributed by atoms with E-state index in [1.165, 1.54) is 24.0 Å². The summed E-state index contributed by atoms with van der Waals surface area (Å²) in [5.41, 5.74) is 2.64. The number of aryl methyl sites for hydroxylation is 1. The number of hydrogen-bond donors (Lipinski definition) is 1. The third-order valence-corrected chi connectivity index (χ3v) is 3.35. The van der Waals surface area contributed by atoms with Crippen LogP contribution in [0.3, 0.4) is 0 Å². The SMILES string of the molecule is Cc1cc(OCC2CCCN2)cc(C(C)C)c1. The summed E-state index contributed by atoms with van der Waals surface area (Å²) in [5.74, 6) is 1.57. The van der Waals surface area contributed by atoms with Gasteiger partial charge < -0.3 is 10.1 Å². The smallest absolute Gasteiger partial charge is 0.119 e. The minimum atomic E-state index is 0.540. The fourth-order valence-electron chi connectivity index (χ4n) is 2.29. The van der Waals surface area contributed by atoms with Gasteiger partial charge in [0.1, 0.15) is 12.4 Å². The van der Waals surface area contributed by atoms with E-state index in [2.05, 4.69) is 44.3 Å². The Morgan fingerprint density at radius 1 is 1.35 bits per heavy atom. The van der Waals surface area contributed by atoms with Crippen molar-refractivity contribution in [2.24, 2.45) is 0 Å². The van der Waals surface area contributed by atoms with Crippen LogP contribution in [0.15, 0.2) is 18.2 Å². The lowest BCUT2D eigenvalue weighted by Gasteiger charge is -2.14. The number of ether oxygens (including phenoxy) is 1. The molecular formula is C15H23NO. The predicted molar refractivity (Wildman–Crippen MR) is 71.8 cm³/mol. The molecule has 17 heavy (non-hydrogen) atoms. The minimum absolute atomic E-state index is 0.540. The van der Waals surface area contributed by atoms with Crippen molar-refractivity contribution in [2.75, 3.05) is 13.2 Å². The number of hydrogen-bond acceptors (Lipinski definition) is 2. The Morgan fingerprint density at radius 3 is 2.82 bits per heavy atom. The summed E-state index contributed by atoms with van der Waals surface area (Å²) in [6.07, 6.45) is 2.52. The summed E-state index contributed by atoms with van der Waals surface area (Å²) in [6, 6.07) is 7.08. The molecule has 0 aliphatic carbocycles. The molecule has 0 aromatic heterocycles. The molecule has 1 fully saturated rings. The van der Waals surface area contributed by atoms with Gasteiger partial charge in [-0.15, -0.1) is 0 Å². The lowest BCUT2D eigenvalue weighted by atomic mass is 10.0. The van der Waals surface area contributed by atoms with E-state index in [4.69, 9.17) is 4.74 Å². The van der Waals surface area contributed by atoms with Crippen LogP contribution in [0.1, 0.15) is 43.7 Å². The van der Waals surface area contributed by atoms with Gasteiger partial charge in [0.25, 0.3) is 0 Å². The summed E-state index contributed by atoms with van der Waals surface area (Å²) in [5, 5.41) is 3.45. The molecule has 0 radical (unpaired) electrons. The quantitative estimate of drug-likeness (QED) is 0.862. The van der Waals surface area contributed by atoms with E-state index in [9.17, 15) is 0 Å². The van der Waals surface area contributed by atoms with Crippen LogP contribution in [-0.4, -0.2) is 19.2 Å². The monoisotopic (exact) mass is 233 g/mol. The first-order valence-corrected chi connectivity index (χ1v) is 6.63. The maximum absolute atomic E-state index is 5.90. The van der Waals surface area contributed by atoms with Gasteiger partial charge in [-0.2, -0.15) is 0 Å². The third-order valence-electron chi connectivity index (χ3n) is 3.35. The van der Waals surface area contributed by atoms with Crippen molar-refractivity contribution in [1.29, 1.82) is 0 Å². The van der Waals surface area contributed by atoms with Crippen LogP contribution in [0.5, 0.6) is 5.75 Å². The molecule has 1 unspecified atom stereocenters. The molecular weight excluding hydrogens is 210 g/mol. The normalized spacial score (nSPS) is 19.9. The zero-order valence-corrected chi connectivity index (χ0v) is 11.1. The average Bonchev–Trinajstić information content (AvgIpc) is 2.78. The van der Waals surface area contributed by atoms with Crippen molar-refractivity contribution in [3.8, 4) is 5.75 Å². The largest absolute Gasteiger partial charge is 0.492 e. The Hall–Kier alpha value is -1.02. The molecule has 1 atom stereocenters. The minimum Gasteiger partial charge on any atom is -0.492 e. The molecule has 0 saturated carbocycles. The average molecular weight is 233 g/mol. The van der Waals surface area contributed by atoms with Crippen molar-refractivity contribution in [3.05, 3.63) is 29.3 Å². The summed E-state index contributed by atoms with van der Waals surface area (Å²) in [6.45, 7) is 8.50. The fraction of sp³-hybridized carbons (Fsp3) is 0.600. The molecule has 0 bridgehead atoms. The van der Waals surface area contributed by atoms with Crippen molar-refractivity contribution >= 4 is 0 Å². The Morgan fingerprint density at radius 2 is 2.18 bits per heavy atom. The lowest BCUT2D eigenvalue weighted by molar-refractivity contribution is 0.277. The molecule has 1 aliphatic rings. The zero-order valence-electron chi connectivity index (χ0n) is 11.1. The van der Waals surface area contributed by atoms with Crippen LogP contribution in [-0.2, 0) is 0 Å². The lowest BCUT2D eigenvalue weighted by Crippen LogP contribution is -2.28. The van der Waals surface area contributed by atoms with Gasteiger partial charge in [0.05, 0.1) is 0 Å². The van der Waals surface area contributed by atoms with Gasteiger partial charge in [0.2, 0.25) is 0 Å². The van der Waals surface area contributed by atoms with Crippen LogP contribution in [0, 0.1) is 6.92 Å². The molecule has 1 aromatic carbocycles. The Balaban J connectivity index is 1.99. The molecule has 1 saturated heterocycles. The topological polar surface area (TPSA) is 21.3 Å². The van der Waals surface area contributed by atoms with Gasteiger partial charge in [-0.05, 0) is 55.5 Å². The number of benzene rings is 1. The van der Waals surface area contributed by atoms with Crippen molar-refractivity contribution < 1.29 is 4.74 Å². The highest BCUT2D eigenvalue weighted by Crippen LogP contribution is 2.23. The van der Waals surface area contributed by atoms with Crippen LogP contribution in [0.4, 0.5) is 0 Å². The van der Waals surface area contributed by atoms with Crippen molar-refractivity contribution in [1.82, 2.24) is 5.32 Å². The molecule has 1 N–H and O–H groups in total. The second-order valence-corrected chi connectivity index (χ2v) is 5.34. The van der Waals surface area contributed by atoms with E-state index in [1.54, 1.807) is 0 Å². The third kappa shape index (κ3) is 3.47. The highest BCUT2D eigenvalue weighted by Gasteiger charge is 2.14. The van der Waals surface area contributed by atoms with E-state index in [0.29, 0.717) is 12.0 Å². The maximum atomic E-state index is 5.90. The summed E-state index contributed by atoms with van der Waals surface area (Å²) in [4.78, 5) is 0. The van der Waals surface area contributed by atoms with E-state index in [-0.39, 0.29) is 0 Å². The highest BCUT2D eigenvalue weighted by atomic mass is 16.5. The molecule has 94 valence electrons. The maximum Gasteiger partial charge on any atom is 0.119 e. The highest BCUT2D eigenvalue weighted by molar-refractivity contribution is 5.35. The summed E-state index contributed by atoms with van der Waals surface area (Å²) >= 11 is 0. The van der Waals surface area contributed by atoms with Gasteiger partial charge in [0.15, 0.2) is 0 Å². The van der Waals surface area contributed by atoms with Crippen LogP contribution < -0.4 is 10.1 Å². The Kier molecular flexibility index (Phi) is 4.06. The summed E-state index contributed by atoms with van der Waals surface area (Å²) < 4.78 is 5.90. The first kappa shape index (κ1) is 12.4. The standard InChI is InChI=1S/C15H23NO/c1-11(2)13-7-12(3)8-15(9-13)17-10-14-5-4-6-16-14/h7-9,11,14,16H,4-6,10H2,1-3H3. The zero-order chi connectivity index (χ0) is 12.3. The first-order valence-electron chi connectivity index (χ1n) is 6.63. The Labute approximate surface area is 104 Å². The van der Waals surface area contributed by atoms with Crippen molar-refractivity contribution in [3.63, 3.8) is 0 Å². The molecule has 1 aromatic rings. The molecule has 2 nitrogen and oxygen atoms in total. The molecule has 2 rings (SSSR count). The van der Waals surface area contributed by atoms with Gasteiger partial charge in [-0.3, -0.25) is 0 Å². The van der Waals surface area contributed by atoms with Crippen LogP contribution in [0.25, 0.3) is 0 Å². The van der Waals surface area contributed by atoms with Crippen LogP contribution >= 0.6 is 0 Å². The van der Waals surface area contributed by atoms with E-state index < -0.39 is 0 Å². The molecule has 1 aliphatic heterocycles. The second-order valence-electron chi connectivity index (χ2n) is 5.34. The first-order chi connectivity index (χ1) is 8.15. The molecule has 0 amide bonds. The van der Waals surface area contributed by atoms with Gasteiger partial charge in [0, 0.05) is 6.04 Å². The predicted octanol–water partition coefficient (Wildman–Crippen LogP) is 3.25. The molecule has 1 heterocycles. The van der Waals surface area contributed by atoms with E-state index >= 15 is 0 Å². The number of rotatable bonds is 4. The fourth-order valence-corrected chi connectivity index (χ4v) is 2.29. The Bertz CT molecular complexity index is 367. The van der Waals surface area contributed by atoms with E-state index in [1.807, 2.05) is 0 Å². The van der Waals surface area contributed by atoms with Crippen LogP contribution in [0.2, 0.25) is 0 Å². The van der Waals surface area contributed by atoms with Gasteiger partial charge >= 0.3 is 0 Å².